The highest BCUT2D eigenvalue weighted by atomic mass is 16.4. The molecule has 1 aromatic rings. The predicted octanol–water partition coefficient (Wildman–Crippen LogP) is 0.860. The average Bonchev–Trinajstić information content (AvgIpc) is 2.37. The summed E-state index contributed by atoms with van der Waals surface area (Å²) in [5.41, 5.74) is 2.14. The molecule has 1 aromatic carbocycles. The zero-order chi connectivity index (χ0) is 13.1. The van der Waals surface area contributed by atoms with Crippen LogP contribution in [-0.2, 0) is 16.0 Å². The van der Waals surface area contributed by atoms with Crippen LogP contribution in [0.15, 0.2) is 24.3 Å². The van der Waals surface area contributed by atoms with Gasteiger partial charge < -0.3 is 15.7 Å². The van der Waals surface area contributed by atoms with Crippen molar-refractivity contribution in [1.82, 2.24) is 5.32 Å². The van der Waals surface area contributed by atoms with Gasteiger partial charge in [0.15, 0.2) is 0 Å². The van der Waals surface area contributed by atoms with E-state index in [1.54, 1.807) is 0 Å². The Bertz CT molecular complexity index is 473. The number of carbonyl (C=O) groups excluding carboxylic acids is 1. The molecule has 0 aliphatic carbocycles. The molecule has 1 aliphatic rings. The zero-order valence-corrected chi connectivity index (χ0v) is 10.1. The van der Waals surface area contributed by atoms with Gasteiger partial charge in [-0.25, -0.2) is 0 Å². The summed E-state index contributed by atoms with van der Waals surface area (Å²) < 4.78 is 0. The highest BCUT2D eigenvalue weighted by molar-refractivity contribution is 5.85. The topological polar surface area (TPSA) is 78.4 Å². The summed E-state index contributed by atoms with van der Waals surface area (Å²) in [5, 5.41) is 14.4. The van der Waals surface area contributed by atoms with Crippen LogP contribution in [0.2, 0.25) is 0 Å². The molecule has 5 heteroatoms. The fourth-order valence-corrected chi connectivity index (χ4v) is 2.02. The molecule has 0 saturated carbocycles. The lowest BCUT2D eigenvalue weighted by molar-refractivity contribution is -0.141. The Morgan fingerprint density at radius 1 is 1.44 bits per heavy atom. The van der Waals surface area contributed by atoms with Gasteiger partial charge in [-0.2, -0.15) is 0 Å². The van der Waals surface area contributed by atoms with Gasteiger partial charge in [0.25, 0.3) is 0 Å². The van der Waals surface area contributed by atoms with E-state index in [1.807, 2.05) is 24.3 Å². The Morgan fingerprint density at radius 3 is 2.89 bits per heavy atom. The van der Waals surface area contributed by atoms with E-state index in [0.717, 1.165) is 11.3 Å². The third-order valence-corrected chi connectivity index (χ3v) is 3.12. The lowest BCUT2D eigenvalue weighted by Crippen LogP contribution is -2.45. The first-order valence-electron chi connectivity index (χ1n) is 5.93. The van der Waals surface area contributed by atoms with Gasteiger partial charge in [0, 0.05) is 12.2 Å². The molecule has 1 heterocycles. The number of rotatable bonds is 3. The van der Waals surface area contributed by atoms with Crippen molar-refractivity contribution < 1.29 is 14.7 Å². The number of para-hydroxylation sites is 1. The summed E-state index contributed by atoms with van der Waals surface area (Å²) in [6, 6.07) is 6.97. The molecule has 1 aliphatic heterocycles. The number of carbonyl (C=O) groups is 2. The Balaban J connectivity index is 2.00. The van der Waals surface area contributed by atoms with Gasteiger partial charge in [-0.15, -0.1) is 0 Å². The quantitative estimate of drug-likeness (QED) is 0.741. The van der Waals surface area contributed by atoms with Gasteiger partial charge in [-0.1, -0.05) is 18.2 Å². The number of aliphatic carboxylic acids is 1. The molecule has 0 radical (unpaired) electrons. The van der Waals surface area contributed by atoms with Gasteiger partial charge in [-0.05, 0) is 25.0 Å². The molecular formula is C13H16N2O3. The van der Waals surface area contributed by atoms with Crippen LogP contribution in [0.5, 0.6) is 0 Å². The molecule has 0 aromatic heterocycles. The van der Waals surface area contributed by atoms with E-state index in [9.17, 15) is 9.59 Å². The van der Waals surface area contributed by atoms with Crippen LogP contribution in [0.4, 0.5) is 5.69 Å². The highest BCUT2D eigenvalue weighted by Crippen LogP contribution is 2.24. The number of anilines is 1. The SMILES string of the molecule is CC(NC(=O)C1CNc2ccccc2C1)C(=O)O. The van der Waals surface area contributed by atoms with Crippen molar-refractivity contribution in [2.24, 2.45) is 5.92 Å². The lowest BCUT2D eigenvalue weighted by atomic mass is 9.93. The van der Waals surface area contributed by atoms with Crippen LogP contribution in [0.25, 0.3) is 0 Å². The normalized spacial score (nSPS) is 19.3. The van der Waals surface area contributed by atoms with E-state index < -0.39 is 12.0 Å². The molecule has 1 amide bonds. The first-order valence-corrected chi connectivity index (χ1v) is 5.93. The van der Waals surface area contributed by atoms with Crippen molar-refractivity contribution >= 4 is 17.6 Å². The minimum absolute atomic E-state index is 0.216. The summed E-state index contributed by atoms with van der Waals surface area (Å²) in [5.74, 6) is -1.46. The summed E-state index contributed by atoms with van der Waals surface area (Å²) >= 11 is 0. The minimum Gasteiger partial charge on any atom is -0.480 e. The van der Waals surface area contributed by atoms with E-state index in [2.05, 4.69) is 10.6 Å². The molecule has 0 saturated heterocycles. The second-order valence-corrected chi connectivity index (χ2v) is 4.51. The standard InChI is InChI=1S/C13H16N2O3/c1-8(13(17)18)15-12(16)10-6-9-4-2-3-5-11(9)14-7-10/h2-5,8,10,14H,6-7H2,1H3,(H,15,16)(H,17,18). The van der Waals surface area contributed by atoms with E-state index in [4.69, 9.17) is 5.11 Å². The maximum Gasteiger partial charge on any atom is 0.325 e. The zero-order valence-electron chi connectivity index (χ0n) is 10.1. The number of nitrogens with one attached hydrogen (secondary N) is 2. The molecule has 2 unspecified atom stereocenters. The van der Waals surface area contributed by atoms with Crippen molar-refractivity contribution in [3.8, 4) is 0 Å². The second kappa shape index (κ2) is 5.08. The number of benzene rings is 1. The van der Waals surface area contributed by atoms with Crippen molar-refractivity contribution in [2.45, 2.75) is 19.4 Å². The Morgan fingerprint density at radius 2 is 2.17 bits per heavy atom. The third-order valence-electron chi connectivity index (χ3n) is 3.12. The Hall–Kier alpha value is -2.04. The summed E-state index contributed by atoms with van der Waals surface area (Å²) in [7, 11) is 0. The van der Waals surface area contributed by atoms with Gasteiger partial charge in [0.05, 0.1) is 5.92 Å². The van der Waals surface area contributed by atoms with Gasteiger partial charge in [0.1, 0.15) is 6.04 Å². The third kappa shape index (κ3) is 2.61. The fraction of sp³-hybridized carbons (Fsp3) is 0.385. The smallest absolute Gasteiger partial charge is 0.325 e. The van der Waals surface area contributed by atoms with Crippen LogP contribution >= 0.6 is 0 Å². The van der Waals surface area contributed by atoms with Crippen molar-refractivity contribution in [2.75, 3.05) is 11.9 Å². The van der Waals surface area contributed by atoms with E-state index in [1.165, 1.54) is 6.92 Å². The molecule has 0 bridgehead atoms. The minimum atomic E-state index is -1.02. The molecule has 3 N–H and O–H groups in total. The van der Waals surface area contributed by atoms with Crippen molar-refractivity contribution in [3.05, 3.63) is 29.8 Å². The summed E-state index contributed by atoms with van der Waals surface area (Å²) in [4.78, 5) is 22.6. The van der Waals surface area contributed by atoms with Crippen LogP contribution in [-0.4, -0.2) is 29.6 Å². The first-order chi connectivity index (χ1) is 8.58. The Kier molecular flexibility index (Phi) is 3.50. The molecular weight excluding hydrogens is 232 g/mol. The van der Waals surface area contributed by atoms with Gasteiger partial charge in [0.2, 0.25) is 5.91 Å². The maximum absolute atomic E-state index is 11.9. The van der Waals surface area contributed by atoms with Crippen LogP contribution in [0, 0.1) is 5.92 Å². The molecule has 5 nitrogen and oxygen atoms in total. The van der Waals surface area contributed by atoms with Crippen LogP contribution < -0.4 is 10.6 Å². The number of hydrogen-bond acceptors (Lipinski definition) is 3. The molecule has 2 atom stereocenters. The van der Waals surface area contributed by atoms with Crippen LogP contribution in [0.1, 0.15) is 12.5 Å². The fourth-order valence-electron chi connectivity index (χ4n) is 2.02. The number of carboxylic acids is 1. The second-order valence-electron chi connectivity index (χ2n) is 4.51. The first kappa shape index (κ1) is 12.4. The van der Waals surface area contributed by atoms with E-state index >= 15 is 0 Å². The van der Waals surface area contributed by atoms with E-state index in [-0.39, 0.29) is 11.8 Å². The summed E-state index contributed by atoms with van der Waals surface area (Å²) in [6.07, 6.45) is 0.640. The van der Waals surface area contributed by atoms with E-state index in [0.29, 0.717) is 13.0 Å². The number of amides is 1. The van der Waals surface area contributed by atoms with Gasteiger partial charge >= 0.3 is 5.97 Å². The maximum atomic E-state index is 11.9. The molecule has 18 heavy (non-hydrogen) atoms. The molecule has 0 fully saturated rings. The lowest BCUT2D eigenvalue weighted by Gasteiger charge is -2.26. The monoisotopic (exact) mass is 248 g/mol. The van der Waals surface area contributed by atoms with Gasteiger partial charge in [-0.3, -0.25) is 9.59 Å². The highest BCUT2D eigenvalue weighted by Gasteiger charge is 2.26. The molecule has 2 rings (SSSR count). The average molecular weight is 248 g/mol. The van der Waals surface area contributed by atoms with Crippen molar-refractivity contribution in [3.63, 3.8) is 0 Å². The number of fused-ring (bicyclic) bond motifs is 1. The summed E-state index contributed by atoms with van der Waals surface area (Å²) in [6.45, 7) is 2.00. The Labute approximate surface area is 105 Å². The molecule has 96 valence electrons. The molecule has 0 spiro atoms. The number of hydrogen-bond donors (Lipinski definition) is 3. The number of carboxylic acid groups (broad SMARTS) is 1. The predicted molar refractivity (Wildman–Crippen MR) is 67.4 cm³/mol. The largest absolute Gasteiger partial charge is 0.480 e. The van der Waals surface area contributed by atoms with Crippen molar-refractivity contribution in [1.29, 1.82) is 0 Å². The van der Waals surface area contributed by atoms with Crippen LogP contribution in [0.3, 0.4) is 0 Å².